The van der Waals surface area contributed by atoms with E-state index in [0.717, 1.165) is 0 Å². The van der Waals surface area contributed by atoms with Crippen LogP contribution in [0.15, 0.2) is 12.3 Å². The fraction of sp³-hybridized carbons (Fsp3) is 0.455. The molecule has 0 aliphatic carbocycles. The van der Waals surface area contributed by atoms with Crippen LogP contribution in [-0.2, 0) is 0 Å². The van der Waals surface area contributed by atoms with Crippen molar-refractivity contribution in [2.24, 2.45) is 5.73 Å². The Bertz CT molecular complexity index is 469. The van der Waals surface area contributed by atoms with Crippen molar-refractivity contribution in [2.75, 3.05) is 18.0 Å². The van der Waals surface area contributed by atoms with Gasteiger partial charge in [-0.15, -0.1) is 0 Å². The highest BCUT2D eigenvalue weighted by Crippen LogP contribution is 2.26. The van der Waals surface area contributed by atoms with Gasteiger partial charge in [-0.1, -0.05) is 11.6 Å². The van der Waals surface area contributed by atoms with E-state index in [0.29, 0.717) is 25.3 Å². The monoisotopic (exact) mass is 271 g/mol. The fourth-order valence-electron chi connectivity index (χ4n) is 1.92. The summed E-state index contributed by atoms with van der Waals surface area (Å²) in [5.41, 5.74) is 5.75. The zero-order valence-electron chi connectivity index (χ0n) is 9.58. The van der Waals surface area contributed by atoms with Crippen molar-refractivity contribution < 1.29 is 15.0 Å². The number of halogens is 1. The molecule has 2 heterocycles. The van der Waals surface area contributed by atoms with Gasteiger partial charge in [0.25, 0.3) is 0 Å². The number of aliphatic hydroxyl groups is 1. The number of hydrogen-bond donors (Lipinski definition) is 3. The molecule has 6 nitrogen and oxygen atoms in total. The lowest BCUT2D eigenvalue weighted by atomic mass is 10.0. The Morgan fingerprint density at radius 3 is 2.89 bits per heavy atom. The van der Waals surface area contributed by atoms with Crippen molar-refractivity contribution in [3.8, 4) is 0 Å². The first-order chi connectivity index (χ1) is 8.49. The minimum atomic E-state index is -1.07. The lowest BCUT2D eigenvalue weighted by molar-refractivity contribution is 0.0696. The smallest absolute Gasteiger partial charge is 0.337 e. The summed E-state index contributed by atoms with van der Waals surface area (Å²) in [6.07, 6.45) is 1.26. The Balaban J connectivity index is 2.21. The second-order valence-corrected chi connectivity index (χ2v) is 4.71. The standard InChI is InChI=1S/C11H14ClN3O3/c12-7-3-6(11(17)18)4-14-10(7)15-2-1-8(13)9(16)5-15/h3-4,8-9,16H,1-2,5,13H2,(H,17,18)/t8-,9-/m1/s1. The van der Waals surface area contributed by atoms with E-state index in [9.17, 15) is 9.90 Å². The van der Waals surface area contributed by atoms with Crippen LogP contribution in [0.4, 0.5) is 5.82 Å². The second kappa shape index (κ2) is 5.09. The quantitative estimate of drug-likeness (QED) is 0.717. The molecule has 1 saturated heterocycles. The predicted molar refractivity (Wildman–Crippen MR) is 67.0 cm³/mol. The fourth-order valence-corrected chi connectivity index (χ4v) is 2.21. The largest absolute Gasteiger partial charge is 0.478 e. The Morgan fingerprint density at radius 2 is 2.33 bits per heavy atom. The van der Waals surface area contributed by atoms with Crippen LogP contribution in [0.25, 0.3) is 0 Å². The van der Waals surface area contributed by atoms with Gasteiger partial charge >= 0.3 is 5.97 Å². The molecule has 0 unspecified atom stereocenters. The lowest BCUT2D eigenvalue weighted by Crippen LogP contribution is -2.50. The maximum Gasteiger partial charge on any atom is 0.337 e. The number of anilines is 1. The number of carboxylic acid groups (broad SMARTS) is 1. The molecule has 1 aliphatic heterocycles. The third-order valence-electron chi connectivity index (χ3n) is 3.00. The summed E-state index contributed by atoms with van der Waals surface area (Å²) in [6, 6.07) is 1.12. The molecule has 98 valence electrons. The molecule has 1 fully saturated rings. The summed E-state index contributed by atoms with van der Waals surface area (Å²) >= 11 is 6.01. The molecule has 7 heteroatoms. The first-order valence-electron chi connectivity index (χ1n) is 5.56. The molecular formula is C11H14ClN3O3. The van der Waals surface area contributed by atoms with E-state index in [-0.39, 0.29) is 16.6 Å². The van der Waals surface area contributed by atoms with Gasteiger partial charge in [0.2, 0.25) is 0 Å². The molecule has 1 aliphatic rings. The van der Waals surface area contributed by atoms with Gasteiger partial charge in [-0.05, 0) is 12.5 Å². The number of aromatic carboxylic acids is 1. The Morgan fingerprint density at radius 1 is 1.61 bits per heavy atom. The van der Waals surface area contributed by atoms with E-state index in [1.807, 2.05) is 4.90 Å². The van der Waals surface area contributed by atoms with Crippen LogP contribution in [-0.4, -0.2) is 46.4 Å². The Hall–Kier alpha value is -1.37. The Kier molecular flexibility index (Phi) is 3.70. The molecule has 0 spiro atoms. The zero-order chi connectivity index (χ0) is 13.3. The summed E-state index contributed by atoms with van der Waals surface area (Å²) in [7, 11) is 0. The van der Waals surface area contributed by atoms with Crippen molar-refractivity contribution in [1.29, 1.82) is 0 Å². The van der Waals surface area contributed by atoms with Gasteiger partial charge in [0.15, 0.2) is 0 Å². The molecule has 1 aromatic rings. The first-order valence-corrected chi connectivity index (χ1v) is 5.94. The van der Waals surface area contributed by atoms with Crippen LogP contribution in [0.2, 0.25) is 5.02 Å². The number of carbonyl (C=O) groups is 1. The van der Waals surface area contributed by atoms with Gasteiger partial charge < -0.3 is 20.8 Å². The Labute approximate surface area is 109 Å². The summed E-state index contributed by atoms with van der Waals surface area (Å²) in [4.78, 5) is 16.6. The van der Waals surface area contributed by atoms with E-state index in [4.69, 9.17) is 22.4 Å². The van der Waals surface area contributed by atoms with Gasteiger partial charge in [0.05, 0.1) is 16.7 Å². The average molecular weight is 272 g/mol. The van der Waals surface area contributed by atoms with Gasteiger partial charge in [-0.2, -0.15) is 0 Å². The number of aromatic nitrogens is 1. The predicted octanol–water partition coefficient (Wildman–Crippen LogP) is 0.331. The van der Waals surface area contributed by atoms with Crippen LogP contribution >= 0.6 is 11.6 Å². The third-order valence-corrected chi connectivity index (χ3v) is 3.28. The second-order valence-electron chi connectivity index (χ2n) is 4.30. The summed E-state index contributed by atoms with van der Waals surface area (Å²) in [5.74, 6) is -0.593. The minimum absolute atomic E-state index is 0.0398. The zero-order valence-corrected chi connectivity index (χ0v) is 10.3. The number of carboxylic acids is 1. The highest BCUT2D eigenvalue weighted by molar-refractivity contribution is 6.33. The number of pyridine rings is 1. The first kappa shape index (κ1) is 13.1. The van der Waals surface area contributed by atoms with Gasteiger partial charge in [-0.3, -0.25) is 0 Å². The number of hydrogen-bond acceptors (Lipinski definition) is 5. The molecule has 0 aromatic carbocycles. The van der Waals surface area contributed by atoms with Crippen LogP contribution in [0.3, 0.4) is 0 Å². The normalized spacial score (nSPS) is 24.1. The van der Waals surface area contributed by atoms with Crippen LogP contribution in [0.5, 0.6) is 0 Å². The molecule has 18 heavy (non-hydrogen) atoms. The van der Waals surface area contributed by atoms with Crippen molar-refractivity contribution in [2.45, 2.75) is 18.6 Å². The van der Waals surface area contributed by atoms with Gasteiger partial charge in [-0.25, -0.2) is 9.78 Å². The van der Waals surface area contributed by atoms with Crippen molar-refractivity contribution in [3.63, 3.8) is 0 Å². The topological polar surface area (TPSA) is 99.7 Å². The van der Waals surface area contributed by atoms with Crippen LogP contribution in [0, 0.1) is 0 Å². The van der Waals surface area contributed by atoms with E-state index in [2.05, 4.69) is 4.98 Å². The highest BCUT2D eigenvalue weighted by Gasteiger charge is 2.26. The highest BCUT2D eigenvalue weighted by atomic mass is 35.5. The van der Waals surface area contributed by atoms with Crippen molar-refractivity contribution >= 4 is 23.4 Å². The van der Waals surface area contributed by atoms with Crippen LogP contribution < -0.4 is 10.6 Å². The summed E-state index contributed by atoms with van der Waals surface area (Å²) in [5, 5.41) is 18.8. The lowest BCUT2D eigenvalue weighted by Gasteiger charge is -2.35. The van der Waals surface area contributed by atoms with E-state index < -0.39 is 12.1 Å². The van der Waals surface area contributed by atoms with Gasteiger partial charge in [0.1, 0.15) is 5.82 Å². The van der Waals surface area contributed by atoms with Crippen LogP contribution in [0.1, 0.15) is 16.8 Å². The number of aliphatic hydroxyl groups excluding tert-OH is 1. The third kappa shape index (κ3) is 2.55. The number of rotatable bonds is 2. The average Bonchev–Trinajstić information content (AvgIpc) is 2.32. The van der Waals surface area contributed by atoms with Crippen molar-refractivity contribution in [3.05, 3.63) is 22.8 Å². The van der Waals surface area contributed by atoms with Crippen molar-refractivity contribution in [1.82, 2.24) is 4.98 Å². The number of piperidine rings is 1. The molecule has 0 amide bonds. The van der Waals surface area contributed by atoms with E-state index in [1.54, 1.807) is 0 Å². The maximum absolute atomic E-state index is 10.8. The summed E-state index contributed by atoms with van der Waals surface area (Å²) < 4.78 is 0. The molecule has 2 atom stereocenters. The van der Waals surface area contributed by atoms with E-state index in [1.165, 1.54) is 12.3 Å². The van der Waals surface area contributed by atoms with Gasteiger partial charge in [0, 0.05) is 25.3 Å². The number of β-amino-alcohol motifs (C(OH)–C–C–N with tert-alkyl or cyclic N) is 1. The number of nitrogens with zero attached hydrogens (tertiary/aromatic N) is 2. The molecule has 0 radical (unpaired) electrons. The maximum atomic E-state index is 10.8. The minimum Gasteiger partial charge on any atom is -0.478 e. The summed E-state index contributed by atoms with van der Waals surface area (Å²) in [6.45, 7) is 0.984. The molecule has 2 rings (SSSR count). The molecule has 4 N–H and O–H groups in total. The molecular weight excluding hydrogens is 258 g/mol. The molecule has 0 saturated carbocycles. The SMILES string of the molecule is N[C@@H]1CCN(c2ncc(C(=O)O)cc2Cl)C[C@H]1O. The molecule has 1 aromatic heterocycles. The van der Waals surface area contributed by atoms with E-state index >= 15 is 0 Å². The molecule has 0 bridgehead atoms. The number of nitrogens with two attached hydrogens (primary N) is 1.